The number of nitrogens with two attached hydrogens (primary N) is 1. The van der Waals surface area contributed by atoms with Crippen LogP contribution in [0.4, 0.5) is 4.79 Å². The third-order valence-electron chi connectivity index (χ3n) is 3.42. The first kappa shape index (κ1) is 16.3. The number of rotatable bonds is 10. The second-order valence-electron chi connectivity index (χ2n) is 5.08. The number of primary amides is 1. The molecule has 2 amide bonds. The second-order valence-corrected chi connectivity index (χ2v) is 5.08. The third-order valence-corrected chi connectivity index (χ3v) is 3.42. The van der Waals surface area contributed by atoms with Gasteiger partial charge in [0, 0.05) is 5.54 Å². The molecule has 102 valence electrons. The minimum atomic E-state index is -0.367. The number of unbranched alkanes of at least 4 members (excludes halogenated alkanes) is 3. The Morgan fingerprint density at radius 3 is 1.53 bits per heavy atom. The monoisotopic (exact) mass is 242 g/mol. The molecule has 0 unspecified atom stereocenters. The van der Waals surface area contributed by atoms with Crippen molar-refractivity contribution in [3.05, 3.63) is 0 Å². The van der Waals surface area contributed by atoms with Crippen molar-refractivity contribution < 1.29 is 4.79 Å². The summed E-state index contributed by atoms with van der Waals surface area (Å²) in [5.74, 6) is 0. The number of amides is 2. The Hall–Kier alpha value is -0.730. The first-order chi connectivity index (χ1) is 8.10. The van der Waals surface area contributed by atoms with Gasteiger partial charge in [-0.2, -0.15) is 0 Å². The maximum absolute atomic E-state index is 11.2. The molecule has 3 nitrogen and oxygen atoms in total. The van der Waals surface area contributed by atoms with Gasteiger partial charge in [0.2, 0.25) is 0 Å². The normalized spacial score (nSPS) is 11.5. The molecular weight excluding hydrogens is 212 g/mol. The largest absolute Gasteiger partial charge is 0.352 e. The van der Waals surface area contributed by atoms with E-state index in [0.29, 0.717) is 0 Å². The molecule has 0 fully saturated rings. The highest BCUT2D eigenvalue weighted by atomic mass is 16.2. The standard InChI is InChI=1S/C14H30N2O/c1-4-7-10-14(11-8-5-2,12-9-6-3)16-13(15)17/h4-12H2,1-3H3,(H3,15,16,17). The van der Waals surface area contributed by atoms with Crippen molar-refractivity contribution in [1.29, 1.82) is 0 Å². The Morgan fingerprint density at radius 1 is 0.941 bits per heavy atom. The molecule has 17 heavy (non-hydrogen) atoms. The zero-order valence-corrected chi connectivity index (χ0v) is 11.8. The first-order valence-corrected chi connectivity index (χ1v) is 7.17. The highest BCUT2D eigenvalue weighted by Gasteiger charge is 2.29. The maximum Gasteiger partial charge on any atom is 0.312 e. The van der Waals surface area contributed by atoms with Gasteiger partial charge in [-0.05, 0) is 19.3 Å². The van der Waals surface area contributed by atoms with E-state index < -0.39 is 0 Å². The lowest BCUT2D eigenvalue weighted by atomic mass is 9.82. The molecule has 0 radical (unpaired) electrons. The Balaban J connectivity index is 4.56. The Kier molecular flexibility index (Phi) is 8.92. The van der Waals surface area contributed by atoms with Crippen LogP contribution in [-0.4, -0.2) is 11.6 Å². The summed E-state index contributed by atoms with van der Waals surface area (Å²) >= 11 is 0. The number of carbonyl (C=O) groups excluding carboxylic acids is 1. The topological polar surface area (TPSA) is 55.1 Å². The van der Waals surface area contributed by atoms with E-state index in [1.54, 1.807) is 0 Å². The van der Waals surface area contributed by atoms with Crippen LogP contribution in [0.2, 0.25) is 0 Å². The maximum atomic E-state index is 11.2. The van der Waals surface area contributed by atoms with Crippen LogP contribution in [0.3, 0.4) is 0 Å². The molecule has 0 atom stereocenters. The van der Waals surface area contributed by atoms with E-state index in [9.17, 15) is 4.79 Å². The lowest BCUT2D eigenvalue weighted by Gasteiger charge is -2.34. The fourth-order valence-electron chi connectivity index (χ4n) is 2.37. The summed E-state index contributed by atoms with van der Waals surface area (Å²) in [4.78, 5) is 11.2. The molecule has 0 aliphatic rings. The summed E-state index contributed by atoms with van der Waals surface area (Å²) in [6.45, 7) is 6.57. The fraction of sp³-hybridized carbons (Fsp3) is 0.929. The predicted octanol–water partition coefficient (Wildman–Crippen LogP) is 3.96. The van der Waals surface area contributed by atoms with Gasteiger partial charge >= 0.3 is 6.03 Å². The SMILES string of the molecule is CCCCC(CCCC)(CCCC)NC(N)=O. The van der Waals surface area contributed by atoms with Gasteiger partial charge in [-0.15, -0.1) is 0 Å². The average molecular weight is 242 g/mol. The van der Waals surface area contributed by atoms with Crippen molar-refractivity contribution in [2.45, 2.75) is 84.1 Å². The Morgan fingerprint density at radius 2 is 1.29 bits per heavy atom. The van der Waals surface area contributed by atoms with Gasteiger partial charge in [0.15, 0.2) is 0 Å². The van der Waals surface area contributed by atoms with Crippen LogP contribution in [0.1, 0.15) is 78.6 Å². The van der Waals surface area contributed by atoms with Crippen molar-refractivity contribution in [3.8, 4) is 0 Å². The summed E-state index contributed by atoms with van der Waals surface area (Å²) in [5.41, 5.74) is 5.30. The lowest BCUT2D eigenvalue weighted by Crippen LogP contribution is -2.50. The molecule has 0 bridgehead atoms. The number of hydrogen-bond donors (Lipinski definition) is 2. The summed E-state index contributed by atoms with van der Waals surface area (Å²) < 4.78 is 0. The van der Waals surface area contributed by atoms with E-state index in [1.165, 1.54) is 19.3 Å². The highest BCUT2D eigenvalue weighted by molar-refractivity contribution is 5.72. The van der Waals surface area contributed by atoms with Gasteiger partial charge in [0.25, 0.3) is 0 Å². The zero-order valence-electron chi connectivity index (χ0n) is 11.8. The molecule has 0 saturated heterocycles. The first-order valence-electron chi connectivity index (χ1n) is 7.17. The quantitative estimate of drug-likeness (QED) is 0.598. The molecular formula is C14H30N2O. The van der Waals surface area contributed by atoms with E-state index in [-0.39, 0.29) is 11.6 Å². The average Bonchev–Trinajstić information content (AvgIpc) is 2.30. The summed E-state index contributed by atoms with van der Waals surface area (Å²) in [5, 5.41) is 3.04. The van der Waals surface area contributed by atoms with Crippen LogP contribution >= 0.6 is 0 Å². The summed E-state index contributed by atoms with van der Waals surface area (Å²) in [7, 11) is 0. The van der Waals surface area contributed by atoms with Crippen molar-refractivity contribution >= 4 is 6.03 Å². The van der Waals surface area contributed by atoms with Crippen LogP contribution in [0.25, 0.3) is 0 Å². The van der Waals surface area contributed by atoms with E-state index in [2.05, 4.69) is 26.1 Å². The number of nitrogens with one attached hydrogen (secondary N) is 1. The summed E-state index contributed by atoms with van der Waals surface area (Å²) in [6, 6.07) is -0.367. The molecule has 0 spiro atoms. The molecule has 0 rings (SSSR count). The van der Waals surface area contributed by atoms with Crippen LogP contribution in [0.5, 0.6) is 0 Å². The highest BCUT2D eigenvalue weighted by Crippen LogP contribution is 2.27. The van der Waals surface area contributed by atoms with E-state index >= 15 is 0 Å². The Labute approximate surface area is 107 Å². The molecule has 3 N–H and O–H groups in total. The van der Waals surface area contributed by atoms with Gasteiger partial charge in [0.05, 0.1) is 0 Å². The van der Waals surface area contributed by atoms with Crippen LogP contribution in [0, 0.1) is 0 Å². The van der Waals surface area contributed by atoms with Crippen LogP contribution in [0.15, 0.2) is 0 Å². The molecule has 0 aromatic heterocycles. The van der Waals surface area contributed by atoms with Gasteiger partial charge in [-0.1, -0.05) is 59.3 Å². The third kappa shape index (κ3) is 7.24. The number of carbonyl (C=O) groups is 1. The minimum Gasteiger partial charge on any atom is -0.352 e. The zero-order chi connectivity index (χ0) is 13.1. The Bertz CT molecular complexity index is 183. The lowest BCUT2D eigenvalue weighted by molar-refractivity contribution is 0.213. The van der Waals surface area contributed by atoms with Crippen molar-refractivity contribution in [2.75, 3.05) is 0 Å². The molecule has 0 aromatic rings. The minimum absolute atomic E-state index is 0.0478. The van der Waals surface area contributed by atoms with E-state index in [1.807, 2.05) is 0 Å². The van der Waals surface area contributed by atoms with Crippen LogP contribution in [-0.2, 0) is 0 Å². The van der Waals surface area contributed by atoms with Crippen molar-refractivity contribution in [3.63, 3.8) is 0 Å². The molecule has 0 aliphatic carbocycles. The molecule has 0 aromatic carbocycles. The molecule has 3 heteroatoms. The molecule has 0 heterocycles. The second kappa shape index (κ2) is 9.32. The van der Waals surface area contributed by atoms with E-state index in [4.69, 9.17) is 5.73 Å². The van der Waals surface area contributed by atoms with Gasteiger partial charge in [-0.3, -0.25) is 0 Å². The number of hydrogen-bond acceptors (Lipinski definition) is 1. The predicted molar refractivity (Wildman–Crippen MR) is 74.0 cm³/mol. The molecule has 0 aliphatic heterocycles. The molecule has 0 saturated carbocycles. The van der Waals surface area contributed by atoms with Gasteiger partial charge in [0.1, 0.15) is 0 Å². The number of urea groups is 1. The van der Waals surface area contributed by atoms with E-state index in [0.717, 1.165) is 38.5 Å². The van der Waals surface area contributed by atoms with Crippen molar-refractivity contribution in [1.82, 2.24) is 5.32 Å². The van der Waals surface area contributed by atoms with Crippen molar-refractivity contribution in [2.24, 2.45) is 5.73 Å². The van der Waals surface area contributed by atoms with Gasteiger partial charge < -0.3 is 11.1 Å². The fourth-order valence-corrected chi connectivity index (χ4v) is 2.37. The summed E-state index contributed by atoms with van der Waals surface area (Å²) in [6.07, 6.45) is 10.2. The van der Waals surface area contributed by atoms with Crippen LogP contribution < -0.4 is 11.1 Å². The smallest absolute Gasteiger partial charge is 0.312 e. The van der Waals surface area contributed by atoms with Gasteiger partial charge in [-0.25, -0.2) is 4.79 Å².